The maximum Gasteiger partial charge on any atom is 0.270 e. The molecule has 0 saturated heterocycles. The second-order valence-electron chi connectivity index (χ2n) is 4.63. The summed E-state index contributed by atoms with van der Waals surface area (Å²) in [4.78, 5) is 25.6. The highest BCUT2D eigenvalue weighted by Crippen LogP contribution is 2.24. The molecule has 0 spiro atoms. The Kier molecular flexibility index (Phi) is 4.26. The van der Waals surface area contributed by atoms with Gasteiger partial charge in [-0.3, -0.25) is 14.9 Å². The first-order valence-corrected chi connectivity index (χ1v) is 6.42. The fourth-order valence-corrected chi connectivity index (χ4v) is 1.97. The van der Waals surface area contributed by atoms with Gasteiger partial charge < -0.3 is 15.5 Å². The van der Waals surface area contributed by atoms with Gasteiger partial charge in [-0.25, -0.2) is 0 Å². The summed E-state index contributed by atoms with van der Waals surface area (Å²) in [6.45, 7) is 1.73. The van der Waals surface area contributed by atoms with Gasteiger partial charge in [0.2, 0.25) is 0 Å². The quantitative estimate of drug-likeness (QED) is 0.382. The Morgan fingerprint density at radius 1 is 1.45 bits per heavy atom. The van der Waals surface area contributed by atoms with Crippen LogP contribution in [0, 0.1) is 10.1 Å². The topological polar surface area (TPSA) is 111 Å². The number of methoxy groups -OCH3 is 1. The summed E-state index contributed by atoms with van der Waals surface area (Å²) in [5.74, 6) is 0.552. The molecule has 3 N–H and O–H groups in total. The minimum atomic E-state index is -0.544. The molecule has 7 heteroatoms. The van der Waals surface area contributed by atoms with Gasteiger partial charge in [0.25, 0.3) is 5.69 Å². The average molecular weight is 301 g/mol. The molecule has 2 aromatic rings. The molecule has 1 aromatic carbocycles. The minimum absolute atomic E-state index is 0.139. The first-order valence-electron chi connectivity index (χ1n) is 6.42. The number of allylic oxidation sites excluding steroid dienone is 1. The van der Waals surface area contributed by atoms with Gasteiger partial charge in [-0.1, -0.05) is 12.1 Å². The minimum Gasteiger partial charge on any atom is -0.501 e. The number of aromatic amines is 1. The number of hydrogen-bond donors (Lipinski definition) is 2. The summed E-state index contributed by atoms with van der Waals surface area (Å²) < 4.78 is 5.06. The van der Waals surface area contributed by atoms with Crippen LogP contribution in [0.3, 0.4) is 0 Å². The normalized spacial score (nSPS) is 11.3. The number of carbonyl (C=O) groups is 1. The number of hydrogen-bond acceptors (Lipinski definition) is 5. The molecule has 0 aliphatic heterocycles. The fourth-order valence-electron chi connectivity index (χ4n) is 1.97. The lowest BCUT2D eigenvalue weighted by Gasteiger charge is -2.03. The van der Waals surface area contributed by atoms with E-state index in [9.17, 15) is 14.9 Å². The molecule has 0 bridgehead atoms. The number of nitro benzene ring substituents is 1. The number of nitrogens with one attached hydrogen (secondary N) is 1. The lowest BCUT2D eigenvalue weighted by Crippen LogP contribution is -2.03. The Labute approximate surface area is 126 Å². The highest BCUT2D eigenvalue weighted by molar-refractivity contribution is 6.12. The maximum atomic E-state index is 12.6. The third-order valence-corrected chi connectivity index (χ3v) is 3.19. The largest absolute Gasteiger partial charge is 0.501 e. The average Bonchev–Trinajstić information content (AvgIpc) is 2.87. The third-order valence-electron chi connectivity index (χ3n) is 3.19. The van der Waals surface area contributed by atoms with Crippen LogP contribution in [0.15, 0.2) is 36.2 Å². The Morgan fingerprint density at radius 3 is 2.82 bits per heavy atom. The Bertz CT molecular complexity index is 762. The molecule has 0 atom stereocenters. The summed E-state index contributed by atoms with van der Waals surface area (Å²) in [6.07, 6.45) is 3.11. The number of H-pyrrole nitrogens is 1. The zero-order valence-electron chi connectivity index (χ0n) is 12.1. The van der Waals surface area contributed by atoms with Crippen molar-refractivity contribution in [3.05, 3.63) is 63.0 Å². The van der Waals surface area contributed by atoms with E-state index in [1.807, 2.05) is 0 Å². The number of nitrogen functional groups attached to an aromatic ring is 1. The smallest absolute Gasteiger partial charge is 0.270 e. The van der Waals surface area contributed by atoms with Crippen molar-refractivity contribution < 1.29 is 14.5 Å². The number of carbonyl (C=O) groups excluding carboxylic acids is 1. The van der Waals surface area contributed by atoms with Crippen molar-refractivity contribution in [2.24, 2.45) is 0 Å². The van der Waals surface area contributed by atoms with Crippen LogP contribution in [0.5, 0.6) is 0 Å². The molecule has 1 aromatic heterocycles. The number of nitro groups is 1. The molecule has 0 amide bonds. The number of ether oxygens (including phenoxy) is 1. The van der Waals surface area contributed by atoms with Gasteiger partial charge in [0.05, 0.1) is 17.8 Å². The van der Waals surface area contributed by atoms with Crippen molar-refractivity contribution in [2.75, 3.05) is 12.8 Å². The summed E-state index contributed by atoms with van der Waals surface area (Å²) in [5, 5.41) is 10.8. The van der Waals surface area contributed by atoms with Crippen molar-refractivity contribution in [1.82, 2.24) is 4.98 Å². The molecular formula is C15H15N3O4. The van der Waals surface area contributed by atoms with E-state index >= 15 is 0 Å². The number of nitrogens with two attached hydrogens (primary N) is 1. The molecule has 2 rings (SSSR count). The van der Waals surface area contributed by atoms with Gasteiger partial charge >= 0.3 is 0 Å². The first-order chi connectivity index (χ1) is 10.4. The first kappa shape index (κ1) is 15.3. The van der Waals surface area contributed by atoms with E-state index in [0.29, 0.717) is 22.7 Å². The molecule has 1 heterocycles. The van der Waals surface area contributed by atoms with Crippen LogP contribution in [0.25, 0.3) is 6.08 Å². The van der Waals surface area contributed by atoms with Crippen molar-refractivity contribution in [3.8, 4) is 0 Å². The van der Waals surface area contributed by atoms with Gasteiger partial charge in [0, 0.05) is 35.0 Å². The third kappa shape index (κ3) is 2.98. The molecule has 0 saturated carbocycles. The monoisotopic (exact) mass is 301 g/mol. The standard InChI is InChI=1S/C15H15N3O4/c1-9(22-2)6-12-13(8-17-15(12)16)14(19)10-4-3-5-11(7-10)18(20)21/h3-8,17H,16H2,1-2H3/b9-6+. The summed E-state index contributed by atoms with van der Waals surface area (Å²) in [6, 6.07) is 5.56. The number of ketones is 1. The highest BCUT2D eigenvalue weighted by atomic mass is 16.6. The van der Waals surface area contributed by atoms with E-state index in [1.54, 1.807) is 13.0 Å². The number of aromatic nitrogens is 1. The number of non-ortho nitro benzene ring substituents is 1. The number of benzene rings is 1. The molecular weight excluding hydrogens is 286 g/mol. The van der Waals surface area contributed by atoms with Crippen LogP contribution < -0.4 is 5.73 Å². The number of anilines is 1. The Hall–Kier alpha value is -3.09. The zero-order chi connectivity index (χ0) is 16.3. The maximum absolute atomic E-state index is 12.6. The fraction of sp³-hybridized carbons (Fsp3) is 0.133. The van der Waals surface area contributed by atoms with Gasteiger partial charge in [-0.05, 0) is 13.0 Å². The predicted octanol–water partition coefficient (Wildman–Crippen LogP) is 2.74. The zero-order valence-corrected chi connectivity index (χ0v) is 12.1. The molecule has 0 unspecified atom stereocenters. The van der Waals surface area contributed by atoms with Crippen molar-refractivity contribution in [3.63, 3.8) is 0 Å². The molecule has 0 radical (unpaired) electrons. The lowest BCUT2D eigenvalue weighted by molar-refractivity contribution is -0.384. The summed E-state index contributed by atoms with van der Waals surface area (Å²) in [5.41, 5.74) is 6.73. The predicted molar refractivity (Wildman–Crippen MR) is 82.4 cm³/mol. The second kappa shape index (κ2) is 6.13. The number of rotatable bonds is 5. The van der Waals surface area contributed by atoms with Crippen LogP contribution in [0.4, 0.5) is 11.5 Å². The van der Waals surface area contributed by atoms with Crippen molar-refractivity contribution >= 4 is 23.4 Å². The molecule has 0 aliphatic carbocycles. The van der Waals surface area contributed by atoms with Crippen molar-refractivity contribution in [1.29, 1.82) is 0 Å². The van der Waals surface area contributed by atoms with E-state index in [4.69, 9.17) is 10.5 Å². The molecule has 114 valence electrons. The van der Waals surface area contributed by atoms with Gasteiger partial charge in [-0.2, -0.15) is 0 Å². The van der Waals surface area contributed by atoms with E-state index in [1.165, 1.54) is 37.6 Å². The van der Waals surface area contributed by atoms with Crippen LogP contribution in [0.1, 0.15) is 28.4 Å². The van der Waals surface area contributed by atoms with Gasteiger partial charge in [0.15, 0.2) is 5.78 Å². The van der Waals surface area contributed by atoms with E-state index < -0.39 is 4.92 Å². The highest BCUT2D eigenvalue weighted by Gasteiger charge is 2.18. The molecule has 7 nitrogen and oxygen atoms in total. The van der Waals surface area contributed by atoms with Crippen LogP contribution >= 0.6 is 0 Å². The number of nitrogens with zero attached hydrogens (tertiary/aromatic N) is 1. The SMILES string of the molecule is CO/C(C)=C/c1c(C(=O)c2cccc([N+](=O)[O-])c2)c[nH]c1N. The van der Waals surface area contributed by atoms with Crippen molar-refractivity contribution in [2.45, 2.75) is 6.92 Å². The Morgan fingerprint density at radius 2 is 2.18 bits per heavy atom. The Balaban J connectivity index is 2.47. The van der Waals surface area contributed by atoms with E-state index in [2.05, 4.69) is 4.98 Å². The van der Waals surface area contributed by atoms with E-state index in [0.717, 1.165) is 0 Å². The van der Waals surface area contributed by atoms with Crippen LogP contribution in [0.2, 0.25) is 0 Å². The lowest BCUT2D eigenvalue weighted by atomic mass is 10.0. The summed E-state index contributed by atoms with van der Waals surface area (Å²) in [7, 11) is 1.51. The summed E-state index contributed by atoms with van der Waals surface area (Å²) >= 11 is 0. The van der Waals surface area contributed by atoms with Crippen LogP contribution in [-0.2, 0) is 4.74 Å². The van der Waals surface area contributed by atoms with Gasteiger partial charge in [0.1, 0.15) is 5.82 Å². The molecule has 0 aliphatic rings. The van der Waals surface area contributed by atoms with E-state index in [-0.39, 0.29) is 17.0 Å². The van der Waals surface area contributed by atoms with Crippen LogP contribution in [-0.4, -0.2) is 22.8 Å². The van der Waals surface area contributed by atoms with Gasteiger partial charge in [-0.15, -0.1) is 0 Å². The molecule has 0 fully saturated rings. The molecule has 22 heavy (non-hydrogen) atoms. The second-order valence-corrected chi connectivity index (χ2v) is 4.63.